The number of hydrogen-bond donors (Lipinski definition) is 0. The Bertz CT molecular complexity index is 709. The summed E-state index contributed by atoms with van der Waals surface area (Å²) in [6.07, 6.45) is 2.09. The molecule has 0 aliphatic carbocycles. The van der Waals surface area contributed by atoms with Gasteiger partial charge in [-0.25, -0.2) is 0 Å². The highest BCUT2D eigenvalue weighted by molar-refractivity contribution is 6.99. The molecule has 0 fully saturated rings. The molecule has 0 bridgehead atoms. The van der Waals surface area contributed by atoms with Gasteiger partial charge >= 0.3 is 0 Å². The van der Waals surface area contributed by atoms with Crippen molar-refractivity contribution in [2.75, 3.05) is 13.7 Å². The molecule has 3 nitrogen and oxygen atoms in total. The van der Waals surface area contributed by atoms with Crippen LogP contribution in [-0.4, -0.2) is 34.4 Å². The second-order valence-corrected chi connectivity index (χ2v) is 12.1. The van der Waals surface area contributed by atoms with Gasteiger partial charge in [0.2, 0.25) is 0 Å². The van der Waals surface area contributed by atoms with E-state index < -0.39 is 14.4 Å². The maximum atomic E-state index is 11.1. The first kappa shape index (κ1) is 21.3. The van der Waals surface area contributed by atoms with E-state index >= 15 is 0 Å². The van der Waals surface area contributed by atoms with Gasteiger partial charge in [-0.05, 0) is 28.4 Å². The van der Waals surface area contributed by atoms with Crippen LogP contribution in [0, 0.1) is 0 Å². The predicted molar refractivity (Wildman–Crippen MR) is 114 cm³/mol. The average Bonchev–Trinajstić information content (AvgIpc) is 2.67. The molecule has 0 spiro atoms. The Balaban J connectivity index is 2.51. The first-order valence-corrected chi connectivity index (χ1v) is 11.2. The second kappa shape index (κ2) is 9.26. The van der Waals surface area contributed by atoms with E-state index in [1.54, 1.807) is 0 Å². The Morgan fingerprint density at radius 2 is 1.48 bits per heavy atom. The van der Waals surface area contributed by atoms with Crippen molar-refractivity contribution in [2.45, 2.75) is 38.8 Å². The van der Waals surface area contributed by atoms with E-state index in [0.29, 0.717) is 6.61 Å². The summed E-state index contributed by atoms with van der Waals surface area (Å²) in [6, 6.07) is 21.1. The molecule has 0 N–H and O–H groups in total. The van der Waals surface area contributed by atoms with Crippen molar-refractivity contribution in [3.8, 4) is 0 Å². The molecule has 2 aromatic rings. The van der Waals surface area contributed by atoms with Gasteiger partial charge in [-0.3, -0.25) is 0 Å². The smallest absolute Gasteiger partial charge is 0.261 e. The highest BCUT2D eigenvalue weighted by Gasteiger charge is 2.50. The number of carbonyl (C=O) groups is 1. The van der Waals surface area contributed by atoms with Crippen LogP contribution < -0.4 is 10.4 Å². The lowest BCUT2D eigenvalue weighted by Gasteiger charge is -2.43. The van der Waals surface area contributed by atoms with Crippen LogP contribution in [0.1, 0.15) is 27.7 Å². The normalized spacial score (nSPS) is 14.0. The van der Waals surface area contributed by atoms with Crippen LogP contribution in [-0.2, 0) is 14.0 Å². The largest absolute Gasteiger partial charge is 0.403 e. The maximum Gasteiger partial charge on any atom is 0.261 e. The van der Waals surface area contributed by atoms with Gasteiger partial charge in [-0.1, -0.05) is 87.0 Å². The summed E-state index contributed by atoms with van der Waals surface area (Å²) < 4.78 is 12.0. The summed E-state index contributed by atoms with van der Waals surface area (Å²) in [6.45, 7) is 9.19. The monoisotopic (exact) mass is 382 g/mol. The van der Waals surface area contributed by atoms with Crippen molar-refractivity contribution in [2.24, 2.45) is 0 Å². The number of ether oxygens (including phenoxy) is 1. The zero-order chi connectivity index (χ0) is 19.9. The molecular formula is C23H30O3Si. The van der Waals surface area contributed by atoms with Crippen molar-refractivity contribution in [1.82, 2.24) is 0 Å². The molecule has 0 saturated heterocycles. The Hall–Kier alpha value is -2.01. The van der Waals surface area contributed by atoms with Gasteiger partial charge in [0.15, 0.2) is 6.29 Å². The minimum absolute atomic E-state index is 0.0682. The Labute approximate surface area is 164 Å². The van der Waals surface area contributed by atoms with Crippen LogP contribution in [0.3, 0.4) is 0 Å². The molecule has 0 radical (unpaired) electrons. The SMILES string of the molecule is CO[C@H](C=O)/C=C(\C)CO[Si](c1ccccc1)(c1ccccc1)C(C)(C)C. The zero-order valence-corrected chi connectivity index (χ0v) is 17.9. The zero-order valence-electron chi connectivity index (χ0n) is 16.9. The van der Waals surface area contributed by atoms with Gasteiger partial charge < -0.3 is 14.0 Å². The molecule has 0 heterocycles. The number of methoxy groups -OCH3 is 1. The lowest BCUT2D eigenvalue weighted by atomic mass is 10.2. The van der Waals surface area contributed by atoms with E-state index in [-0.39, 0.29) is 5.04 Å². The Morgan fingerprint density at radius 3 is 1.85 bits per heavy atom. The molecule has 0 aliphatic rings. The molecule has 0 aliphatic heterocycles. The molecule has 0 saturated carbocycles. The van der Waals surface area contributed by atoms with E-state index in [1.165, 1.54) is 17.5 Å². The summed E-state index contributed by atoms with van der Waals surface area (Å²) >= 11 is 0. The molecule has 27 heavy (non-hydrogen) atoms. The number of hydrogen-bond acceptors (Lipinski definition) is 3. The topological polar surface area (TPSA) is 35.5 Å². The molecule has 144 valence electrons. The van der Waals surface area contributed by atoms with Crippen LogP contribution in [0.4, 0.5) is 0 Å². The third kappa shape index (κ3) is 4.83. The van der Waals surface area contributed by atoms with Crippen molar-refractivity contribution in [3.05, 3.63) is 72.3 Å². The van der Waals surface area contributed by atoms with Gasteiger partial charge in [0, 0.05) is 7.11 Å². The van der Waals surface area contributed by atoms with Gasteiger partial charge in [-0.2, -0.15) is 0 Å². The summed E-state index contributed by atoms with van der Waals surface area (Å²) in [5.74, 6) is 0. The predicted octanol–water partition coefficient (Wildman–Crippen LogP) is 3.72. The summed E-state index contributed by atoms with van der Waals surface area (Å²) in [5, 5.41) is 2.42. The number of carbonyl (C=O) groups excluding carboxylic acids is 1. The highest BCUT2D eigenvalue weighted by atomic mass is 28.4. The number of aldehydes is 1. The van der Waals surface area contributed by atoms with Crippen LogP contribution in [0.5, 0.6) is 0 Å². The number of benzene rings is 2. The minimum Gasteiger partial charge on any atom is -0.403 e. The van der Waals surface area contributed by atoms with Gasteiger partial charge in [-0.15, -0.1) is 0 Å². The van der Waals surface area contributed by atoms with E-state index in [4.69, 9.17) is 9.16 Å². The van der Waals surface area contributed by atoms with E-state index in [2.05, 4.69) is 69.3 Å². The fraction of sp³-hybridized carbons (Fsp3) is 0.348. The maximum absolute atomic E-state index is 11.1. The fourth-order valence-corrected chi connectivity index (χ4v) is 8.07. The molecule has 4 heteroatoms. The van der Waals surface area contributed by atoms with E-state index in [9.17, 15) is 4.79 Å². The molecule has 2 rings (SSSR count). The first-order chi connectivity index (χ1) is 12.8. The minimum atomic E-state index is -2.55. The van der Waals surface area contributed by atoms with Gasteiger partial charge in [0.05, 0.1) is 6.61 Å². The van der Waals surface area contributed by atoms with E-state index in [0.717, 1.165) is 11.9 Å². The Kier molecular flexibility index (Phi) is 7.31. The fourth-order valence-electron chi connectivity index (χ4n) is 3.48. The highest BCUT2D eigenvalue weighted by Crippen LogP contribution is 2.36. The summed E-state index contributed by atoms with van der Waals surface area (Å²) in [7, 11) is -1.02. The molecule has 2 aromatic carbocycles. The molecule has 0 amide bonds. The quantitative estimate of drug-likeness (QED) is 0.396. The molecule has 1 atom stereocenters. The molecule has 0 unspecified atom stereocenters. The standard InChI is InChI=1S/C23H30O3Si/c1-19(16-20(17-24)25-5)18-26-27(23(2,3)4,21-12-8-6-9-13-21)22-14-10-7-11-15-22/h6-17,20H,18H2,1-5H3/b19-16+/t20-/m0/s1. The van der Waals surface area contributed by atoms with Crippen LogP contribution in [0.2, 0.25) is 5.04 Å². The number of rotatable bonds is 8. The summed E-state index contributed by atoms with van der Waals surface area (Å²) in [4.78, 5) is 11.1. The average molecular weight is 383 g/mol. The van der Waals surface area contributed by atoms with Crippen molar-refractivity contribution >= 4 is 25.0 Å². The lowest BCUT2D eigenvalue weighted by Crippen LogP contribution is -2.66. The lowest BCUT2D eigenvalue weighted by molar-refractivity contribution is -0.114. The van der Waals surface area contributed by atoms with Gasteiger partial charge in [0.25, 0.3) is 8.32 Å². The van der Waals surface area contributed by atoms with Crippen molar-refractivity contribution in [1.29, 1.82) is 0 Å². The van der Waals surface area contributed by atoms with Crippen molar-refractivity contribution < 1.29 is 14.0 Å². The first-order valence-electron chi connectivity index (χ1n) is 9.25. The summed E-state index contributed by atoms with van der Waals surface area (Å²) in [5.41, 5.74) is 0.988. The molecule has 0 aromatic heterocycles. The second-order valence-electron chi connectivity index (χ2n) is 7.80. The van der Waals surface area contributed by atoms with Crippen LogP contribution in [0.15, 0.2) is 72.3 Å². The van der Waals surface area contributed by atoms with Crippen molar-refractivity contribution in [3.63, 3.8) is 0 Å². The third-order valence-electron chi connectivity index (χ3n) is 4.79. The Morgan fingerprint density at radius 1 is 1.00 bits per heavy atom. The van der Waals surface area contributed by atoms with Gasteiger partial charge in [0.1, 0.15) is 6.10 Å². The van der Waals surface area contributed by atoms with Crippen LogP contribution in [0.25, 0.3) is 0 Å². The van der Waals surface area contributed by atoms with Crippen LogP contribution >= 0.6 is 0 Å². The van der Waals surface area contributed by atoms with E-state index in [1.807, 2.05) is 25.1 Å². The third-order valence-corrected chi connectivity index (χ3v) is 9.77. The molecular weight excluding hydrogens is 352 g/mol.